The standard InChI is InChI=1S/C15H13N3O4S2/c1-22-7-2-3-9-8(4-7)12-13(16-9)14(19)18-10-5-24(20,21)6-11(10)23-15(18)17-12/h2-4,10-11,16H,5-6H2,1H3/t10-,11+/m1/s1. The lowest BCUT2D eigenvalue weighted by Crippen LogP contribution is -2.27. The molecule has 1 aromatic carbocycles. The number of benzene rings is 1. The van der Waals surface area contributed by atoms with Crippen molar-refractivity contribution in [3.8, 4) is 5.75 Å². The van der Waals surface area contributed by atoms with Crippen LogP contribution in [0.1, 0.15) is 6.04 Å². The van der Waals surface area contributed by atoms with Gasteiger partial charge in [-0.1, -0.05) is 11.8 Å². The fraction of sp³-hybridized carbons (Fsp3) is 0.333. The van der Waals surface area contributed by atoms with Crippen LogP contribution >= 0.6 is 11.8 Å². The molecule has 0 aliphatic carbocycles. The van der Waals surface area contributed by atoms with Gasteiger partial charge in [-0.15, -0.1) is 0 Å². The Morgan fingerprint density at radius 2 is 2.21 bits per heavy atom. The SMILES string of the molecule is COc1ccc2[nH]c3c(=O)n4c(nc3c2c1)S[C@H]1CS(=O)(=O)C[C@H]14. The number of thioether (sulfide) groups is 1. The molecule has 1 fully saturated rings. The van der Waals surface area contributed by atoms with Gasteiger partial charge in [0.05, 0.1) is 24.7 Å². The summed E-state index contributed by atoms with van der Waals surface area (Å²) in [4.78, 5) is 20.7. The van der Waals surface area contributed by atoms with Crippen molar-refractivity contribution in [2.75, 3.05) is 18.6 Å². The van der Waals surface area contributed by atoms with Crippen LogP contribution in [0.3, 0.4) is 0 Å². The molecule has 9 heteroatoms. The number of fused-ring (bicyclic) bond motifs is 6. The summed E-state index contributed by atoms with van der Waals surface area (Å²) >= 11 is 1.39. The molecule has 7 nitrogen and oxygen atoms in total. The molecular weight excluding hydrogens is 350 g/mol. The van der Waals surface area contributed by atoms with E-state index in [1.165, 1.54) is 11.8 Å². The number of nitrogens with one attached hydrogen (secondary N) is 1. The average Bonchev–Trinajstić information content (AvgIpc) is 3.14. The maximum absolute atomic E-state index is 13.0. The van der Waals surface area contributed by atoms with Crippen LogP contribution in [0.15, 0.2) is 28.2 Å². The zero-order valence-corrected chi connectivity index (χ0v) is 14.3. The second kappa shape index (κ2) is 4.54. The topological polar surface area (TPSA) is 94.1 Å². The van der Waals surface area contributed by atoms with Crippen molar-refractivity contribution in [3.63, 3.8) is 0 Å². The Morgan fingerprint density at radius 1 is 1.38 bits per heavy atom. The van der Waals surface area contributed by atoms with E-state index in [0.29, 0.717) is 21.9 Å². The van der Waals surface area contributed by atoms with Crippen molar-refractivity contribution in [2.45, 2.75) is 16.4 Å². The summed E-state index contributed by atoms with van der Waals surface area (Å²) in [5, 5.41) is 1.30. The number of aromatic nitrogens is 3. The van der Waals surface area contributed by atoms with Crippen molar-refractivity contribution in [2.24, 2.45) is 0 Å². The maximum atomic E-state index is 13.0. The molecule has 4 heterocycles. The summed E-state index contributed by atoms with van der Waals surface area (Å²) in [6.45, 7) is 0. The monoisotopic (exact) mass is 363 g/mol. The second-order valence-electron chi connectivity index (χ2n) is 6.13. The zero-order valence-electron chi connectivity index (χ0n) is 12.6. The van der Waals surface area contributed by atoms with Gasteiger partial charge in [0, 0.05) is 16.2 Å². The number of aromatic amines is 1. The van der Waals surface area contributed by atoms with E-state index in [0.717, 1.165) is 10.9 Å². The van der Waals surface area contributed by atoms with Crippen LogP contribution < -0.4 is 10.3 Å². The minimum absolute atomic E-state index is 0.0127. The van der Waals surface area contributed by atoms with E-state index in [-0.39, 0.29) is 28.4 Å². The lowest BCUT2D eigenvalue weighted by Gasteiger charge is -2.09. The quantitative estimate of drug-likeness (QED) is 0.656. The molecule has 0 unspecified atom stereocenters. The molecule has 0 spiro atoms. The number of hydrogen-bond donors (Lipinski definition) is 1. The first-order valence-corrected chi connectivity index (χ1v) is 10.2. The van der Waals surface area contributed by atoms with Crippen LogP contribution in [0, 0.1) is 0 Å². The van der Waals surface area contributed by atoms with E-state index < -0.39 is 9.84 Å². The predicted molar refractivity (Wildman–Crippen MR) is 91.7 cm³/mol. The highest BCUT2D eigenvalue weighted by Gasteiger charge is 2.46. The number of nitrogens with zero attached hydrogens (tertiary/aromatic N) is 2. The third-order valence-electron chi connectivity index (χ3n) is 4.69. The van der Waals surface area contributed by atoms with E-state index in [1.54, 1.807) is 11.7 Å². The first kappa shape index (κ1) is 14.4. The summed E-state index contributed by atoms with van der Waals surface area (Å²) in [6.07, 6.45) is 0. The summed E-state index contributed by atoms with van der Waals surface area (Å²) in [5.74, 6) is 0.813. The van der Waals surface area contributed by atoms with Gasteiger partial charge in [-0.2, -0.15) is 0 Å². The highest BCUT2D eigenvalue weighted by atomic mass is 32.2. The highest BCUT2D eigenvalue weighted by molar-refractivity contribution is 8.02. The largest absolute Gasteiger partial charge is 0.497 e. The number of hydrogen-bond acceptors (Lipinski definition) is 6. The normalized spacial score (nSPS) is 24.4. The van der Waals surface area contributed by atoms with Crippen molar-refractivity contribution in [1.29, 1.82) is 0 Å². The Balaban J connectivity index is 1.80. The summed E-state index contributed by atoms with van der Waals surface area (Å²) in [5.41, 5.74) is 1.62. The number of H-pyrrole nitrogens is 1. The van der Waals surface area contributed by atoms with Crippen molar-refractivity contribution < 1.29 is 13.2 Å². The van der Waals surface area contributed by atoms with Crippen molar-refractivity contribution >= 4 is 43.5 Å². The number of rotatable bonds is 1. The van der Waals surface area contributed by atoms with Gasteiger partial charge >= 0.3 is 0 Å². The number of methoxy groups -OCH3 is 1. The van der Waals surface area contributed by atoms with Crippen LogP contribution in [0.5, 0.6) is 5.75 Å². The molecule has 5 rings (SSSR count). The van der Waals surface area contributed by atoms with Crippen molar-refractivity contribution in [3.05, 3.63) is 28.6 Å². The molecule has 1 saturated heterocycles. The lowest BCUT2D eigenvalue weighted by atomic mass is 10.2. The first-order chi connectivity index (χ1) is 11.5. The molecule has 2 atom stereocenters. The molecule has 2 aromatic heterocycles. The van der Waals surface area contributed by atoms with Crippen molar-refractivity contribution in [1.82, 2.24) is 14.5 Å². The molecule has 0 radical (unpaired) electrons. The zero-order chi connectivity index (χ0) is 16.6. The van der Waals surface area contributed by atoms with Crippen LogP contribution in [-0.4, -0.2) is 46.8 Å². The van der Waals surface area contributed by atoms with Gasteiger partial charge in [0.15, 0.2) is 15.0 Å². The molecule has 124 valence electrons. The van der Waals surface area contributed by atoms with Gasteiger partial charge in [-0.25, -0.2) is 13.4 Å². The van der Waals surface area contributed by atoms with Gasteiger partial charge in [0.25, 0.3) is 5.56 Å². The van der Waals surface area contributed by atoms with E-state index in [9.17, 15) is 13.2 Å². The van der Waals surface area contributed by atoms with Crippen LogP contribution in [0.2, 0.25) is 0 Å². The van der Waals surface area contributed by atoms with Crippen LogP contribution in [0.25, 0.3) is 21.9 Å². The van der Waals surface area contributed by atoms with Gasteiger partial charge in [0.1, 0.15) is 16.8 Å². The Kier molecular flexibility index (Phi) is 2.72. The third kappa shape index (κ3) is 1.82. The molecule has 2 aliphatic heterocycles. The van der Waals surface area contributed by atoms with Gasteiger partial charge in [0.2, 0.25) is 0 Å². The molecular formula is C15H13N3O4S2. The van der Waals surface area contributed by atoms with E-state index in [2.05, 4.69) is 9.97 Å². The Hall–Kier alpha value is -2.00. The third-order valence-corrected chi connectivity index (χ3v) is 7.89. The summed E-state index contributed by atoms with van der Waals surface area (Å²) in [7, 11) is -1.50. The number of sulfone groups is 1. The fourth-order valence-electron chi connectivity index (χ4n) is 3.57. The van der Waals surface area contributed by atoms with Gasteiger partial charge in [-0.3, -0.25) is 9.36 Å². The summed E-state index contributed by atoms with van der Waals surface area (Å²) < 4.78 is 30.5. The van der Waals surface area contributed by atoms with E-state index in [4.69, 9.17) is 4.74 Å². The Morgan fingerprint density at radius 3 is 3.00 bits per heavy atom. The predicted octanol–water partition coefficient (Wildman–Crippen LogP) is 1.33. The molecule has 2 aliphatic rings. The molecule has 0 amide bonds. The smallest absolute Gasteiger partial charge is 0.278 e. The van der Waals surface area contributed by atoms with E-state index in [1.807, 2.05) is 18.2 Å². The molecule has 0 saturated carbocycles. The van der Waals surface area contributed by atoms with Gasteiger partial charge < -0.3 is 9.72 Å². The molecule has 1 N–H and O–H groups in total. The minimum Gasteiger partial charge on any atom is -0.497 e. The Bertz CT molecular complexity index is 1180. The minimum atomic E-state index is -3.09. The Labute approximate surface area is 140 Å². The highest BCUT2D eigenvalue weighted by Crippen LogP contribution is 2.44. The fourth-order valence-corrected chi connectivity index (χ4v) is 7.47. The van der Waals surface area contributed by atoms with Crippen LogP contribution in [0.4, 0.5) is 0 Å². The molecule has 24 heavy (non-hydrogen) atoms. The second-order valence-corrected chi connectivity index (χ2v) is 9.49. The maximum Gasteiger partial charge on any atom is 0.278 e. The van der Waals surface area contributed by atoms with E-state index >= 15 is 0 Å². The number of ether oxygens (including phenoxy) is 1. The summed E-state index contributed by atoms with van der Waals surface area (Å²) in [6, 6.07) is 5.20. The molecule has 0 bridgehead atoms. The lowest BCUT2D eigenvalue weighted by molar-refractivity contribution is 0.415. The first-order valence-electron chi connectivity index (χ1n) is 7.46. The van der Waals surface area contributed by atoms with Gasteiger partial charge in [-0.05, 0) is 18.2 Å². The average molecular weight is 363 g/mol. The van der Waals surface area contributed by atoms with Crippen LogP contribution in [-0.2, 0) is 9.84 Å². The molecule has 3 aromatic rings.